The fourth-order valence-corrected chi connectivity index (χ4v) is 1.37. The normalized spacial score (nSPS) is 12.5. The zero-order valence-electron chi connectivity index (χ0n) is 6.37. The molecule has 1 unspecified atom stereocenters. The first-order valence-corrected chi connectivity index (χ1v) is 4.46. The molecule has 0 spiro atoms. The Morgan fingerprint density at radius 2 is 2.15 bits per heavy atom. The van der Waals surface area contributed by atoms with E-state index >= 15 is 0 Å². The molecule has 0 aliphatic rings. The number of carboxylic acids is 1. The van der Waals surface area contributed by atoms with Crippen LogP contribution in [0.3, 0.4) is 0 Å². The van der Waals surface area contributed by atoms with Gasteiger partial charge in [0.05, 0.1) is 0 Å². The number of carboxylic acid groups (broad SMARTS) is 1. The van der Waals surface area contributed by atoms with E-state index < -0.39 is 17.9 Å². The van der Waals surface area contributed by atoms with Crippen LogP contribution in [-0.4, -0.2) is 16.2 Å². The second-order valence-corrected chi connectivity index (χ2v) is 3.65. The Morgan fingerprint density at radius 1 is 1.54 bits per heavy atom. The lowest BCUT2D eigenvalue weighted by atomic mass is 10.1. The minimum Gasteiger partial charge on any atom is -0.479 e. The van der Waals surface area contributed by atoms with Crippen molar-refractivity contribution in [2.75, 3.05) is 0 Å². The lowest BCUT2D eigenvalue weighted by molar-refractivity contribution is -0.147. The molecule has 5 heteroatoms. The maximum atomic E-state index is 13.0. The van der Waals surface area contributed by atoms with Gasteiger partial charge in [0, 0.05) is 9.13 Å². The van der Waals surface area contributed by atoms with Gasteiger partial charge in [-0.2, -0.15) is 0 Å². The Kier molecular flexibility index (Phi) is 3.21. The van der Waals surface area contributed by atoms with Gasteiger partial charge in [0.25, 0.3) is 0 Å². The van der Waals surface area contributed by atoms with Gasteiger partial charge < -0.3 is 10.2 Å². The predicted octanol–water partition coefficient (Wildman–Crippen LogP) is 1.55. The molecule has 1 atom stereocenters. The van der Waals surface area contributed by atoms with Crippen LogP contribution in [0.15, 0.2) is 18.2 Å². The van der Waals surface area contributed by atoms with Crippen molar-refractivity contribution in [3.63, 3.8) is 0 Å². The van der Waals surface area contributed by atoms with Gasteiger partial charge >= 0.3 is 5.97 Å². The average molecular weight is 296 g/mol. The highest BCUT2D eigenvalue weighted by atomic mass is 127. The predicted molar refractivity (Wildman–Crippen MR) is 51.7 cm³/mol. The van der Waals surface area contributed by atoms with E-state index in [9.17, 15) is 9.18 Å². The maximum Gasteiger partial charge on any atom is 0.337 e. The SMILES string of the molecule is O=C(O)C(O)c1cc(I)ccc1F. The Hall–Kier alpha value is -0.690. The minimum atomic E-state index is -1.80. The summed E-state index contributed by atoms with van der Waals surface area (Å²) >= 11 is 1.91. The molecule has 0 aromatic heterocycles. The van der Waals surface area contributed by atoms with Crippen LogP contribution in [0.1, 0.15) is 11.7 Å². The Morgan fingerprint density at radius 3 is 2.69 bits per heavy atom. The summed E-state index contributed by atoms with van der Waals surface area (Å²) in [5, 5.41) is 17.5. The van der Waals surface area contributed by atoms with Crippen LogP contribution >= 0.6 is 22.6 Å². The smallest absolute Gasteiger partial charge is 0.337 e. The average Bonchev–Trinajstić information content (AvgIpc) is 2.08. The van der Waals surface area contributed by atoms with Crippen LogP contribution in [-0.2, 0) is 4.79 Å². The van der Waals surface area contributed by atoms with E-state index in [-0.39, 0.29) is 5.56 Å². The highest BCUT2D eigenvalue weighted by Crippen LogP contribution is 2.19. The van der Waals surface area contributed by atoms with Crippen molar-refractivity contribution in [3.8, 4) is 0 Å². The zero-order chi connectivity index (χ0) is 10.0. The largest absolute Gasteiger partial charge is 0.479 e. The van der Waals surface area contributed by atoms with Gasteiger partial charge in [0.1, 0.15) is 5.82 Å². The van der Waals surface area contributed by atoms with Crippen molar-refractivity contribution in [1.82, 2.24) is 0 Å². The lowest BCUT2D eigenvalue weighted by Gasteiger charge is -2.06. The van der Waals surface area contributed by atoms with Crippen LogP contribution in [0, 0.1) is 9.39 Å². The van der Waals surface area contributed by atoms with Gasteiger partial charge in [0.15, 0.2) is 6.10 Å². The summed E-state index contributed by atoms with van der Waals surface area (Å²) in [6.07, 6.45) is -1.80. The highest BCUT2D eigenvalue weighted by molar-refractivity contribution is 14.1. The molecule has 0 fully saturated rings. The molecule has 0 saturated heterocycles. The van der Waals surface area contributed by atoms with Crippen LogP contribution in [0.5, 0.6) is 0 Å². The Bertz CT molecular complexity index is 340. The van der Waals surface area contributed by atoms with E-state index in [1.807, 2.05) is 22.6 Å². The number of rotatable bonds is 2. The molecule has 0 radical (unpaired) electrons. The van der Waals surface area contributed by atoms with Crippen molar-refractivity contribution in [1.29, 1.82) is 0 Å². The van der Waals surface area contributed by atoms with E-state index in [2.05, 4.69) is 0 Å². The summed E-state index contributed by atoms with van der Waals surface area (Å²) in [4.78, 5) is 10.3. The molecule has 3 nitrogen and oxygen atoms in total. The Balaban J connectivity index is 3.12. The summed E-state index contributed by atoms with van der Waals surface area (Å²) in [7, 11) is 0. The molecule has 1 aromatic rings. The summed E-state index contributed by atoms with van der Waals surface area (Å²) in [6, 6.07) is 3.92. The second-order valence-electron chi connectivity index (χ2n) is 2.41. The molecular weight excluding hydrogens is 290 g/mol. The Labute approximate surface area is 87.3 Å². The molecule has 1 aromatic carbocycles. The number of benzene rings is 1. The molecule has 13 heavy (non-hydrogen) atoms. The van der Waals surface area contributed by atoms with Crippen LogP contribution < -0.4 is 0 Å². The third kappa shape index (κ3) is 2.38. The van der Waals surface area contributed by atoms with Crippen LogP contribution in [0.2, 0.25) is 0 Å². The molecular formula is C8H6FIO3. The minimum absolute atomic E-state index is 0.209. The monoisotopic (exact) mass is 296 g/mol. The summed E-state index contributed by atoms with van der Waals surface area (Å²) in [6.45, 7) is 0. The van der Waals surface area contributed by atoms with Crippen LogP contribution in [0.25, 0.3) is 0 Å². The fraction of sp³-hybridized carbons (Fsp3) is 0.125. The van der Waals surface area contributed by atoms with Gasteiger partial charge in [-0.25, -0.2) is 9.18 Å². The molecule has 1 rings (SSSR count). The van der Waals surface area contributed by atoms with Gasteiger partial charge in [-0.05, 0) is 40.8 Å². The van der Waals surface area contributed by atoms with Gasteiger partial charge in [-0.3, -0.25) is 0 Å². The van der Waals surface area contributed by atoms with Gasteiger partial charge in [-0.15, -0.1) is 0 Å². The number of halogens is 2. The number of hydrogen-bond acceptors (Lipinski definition) is 2. The third-order valence-electron chi connectivity index (χ3n) is 1.49. The molecule has 2 N–H and O–H groups in total. The summed E-state index contributed by atoms with van der Waals surface area (Å²) in [5.74, 6) is -2.17. The maximum absolute atomic E-state index is 13.0. The summed E-state index contributed by atoms with van der Waals surface area (Å²) in [5.41, 5.74) is -0.209. The van der Waals surface area contributed by atoms with E-state index in [0.29, 0.717) is 3.57 Å². The van der Waals surface area contributed by atoms with Crippen molar-refractivity contribution in [2.24, 2.45) is 0 Å². The molecule has 0 amide bonds. The number of aliphatic hydroxyl groups excluding tert-OH is 1. The highest BCUT2D eigenvalue weighted by Gasteiger charge is 2.19. The van der Waals surface area contributed by atoms with Gasteiger partial charge in [0.2, 0.25) is 0 Å². The topological polar surface area (TPSA) is 57.5 Å². The second kappa shape index (κ2) is 4.01. The van der Waals surface area contributed by atoms with E-state index in [1.165, 1.54) is 12.1 Å². The first-order chi connectivity index (χ1) is 6.02. The number of carbonyl (C=O) groups is 1. The molecule has 0 saturated carbocycles. The molecule has 0 aliphatic carbocycles. The van der Waals surface area contributed by atoms with Crippen molar-refractivity contribution in [2.45, 2.75) is 6.10 Å². The first-order valence-electron chi connectivity index (χ1n) is 3.38. The lowest BCUT2D eigenvalue weighted by Crippen LogP contribution is -2.12. The first kappa shape index (κ1) is 10.4. The molecule has 0 bridgehead atoms. The molecule has 70 valence electrons. The van der Waals surface area contributed by atoms with Crippen LogP contribution in [0.4, 0.5) is 4.39 Å². The zero-order valence-corrected chi connectivity index (χ0v) is 8.53. The quantitative estimate of drug-likeness (QED) is 0.814. The van der Waals surface area contributed by atoms with Gasteiger partial charge in [-0.1, -0.05) is 0 Å². The number of aliphatic carboxylic acids is 1. The number of hydrogen-bond donors (Lipinski definition) is 2. The molecule has 0 heterocycles. The molecule has 0 aliphatic heterocycles. The van der Waals surface area contributed by atoms with E-state index in [1.54, 1.807) is 0 Å². The van der Waals surface area contributed by atoms with E-state index in [0.717, 1.165) is 6.07 Å². The van der Waals surface area contributed by atoms with E-state index in [4.69, 9.17) is 10.2 Å². The standard InChI is InChI=1S/C8H6FIO3/c9-6-2-1-4(10)3-5(6)7(11)8(12)13/h1-3,7,11H,(H,12,13). The summed E-state index contributed by atoms with van der Waals surface area (Å²) < 4.78 is 13.6. The third-order valence-corrected chi connectivity index (χ3v) is 2.16. The van der Waals surface area contributed by atoms with Crippen molar-refractivity contribution < 1.29 is 19.4 Å². The number of aliphatic hydroxyl groups is 1. The van der Waals surface area contributed by atoms with Crippen molar-refractivity contribution in [3.05, 3.63) is 33.1 Å². The fourth-order valence-electron chi connectivity index (χ4n) is 0.857. The van der Waals surface area contributed by atoms with Crippen molar-refractivity contribution >= 4 is 28.6 Å².